The van der Waals surface area contributed by atoms with Crippen LogP contribution in [0, 0.1) is 17.1 Å². The third-order valence-corrected chi connectivity index (χ3v) is 3.10. The van der Waals surface area contributed by atoms with Crippen LogP contribution in [0.2, 0.25) is 0 Å². The van der Waals surface area contributed by atoms with Crippen molar-refractivity contribution in [1.29, 1.82) is 5.26 Å². The smallest absolute Gasteiger partial charge is 0.179 e. The van der Waals surface area contributed by atoms with E-state index in [9.17, 15) is 9.18 Å². The van der Waals surface area contributed by atoms with E-state index in [0.717, 1.165) is 12.8 Å². The van der Waals surface area contributed by atoms with Crippen LogP contribution in [0.15, 0.2) is 24.3 Å². The van der Waals surface area contributed by atoms with Crippen molar-refractivity contribution >= 4 is 5.78 Å². The van der Waals surface area contributed by atoms with Gasteiger partial charge in [-0.15, -0.1) is 0 Å². The van der Waals surface area contributed by atoms with Crippen molar-refractivity contribution in [2.45, 2.75) is 25.3 Å². The molecule has 0 amide bonds. The number of ketones is 1. The fourth-order valence-corrected chi connectivity index (χ4v) is 1.98. The fourth-order valence-electron chi connectivity index (χ4n) is 1.98. The molecule has 0 aromatic heterocycles. The van der Waals surface area contributed by atoms with E-state index in [1.165, 1.54) is 12.1 Å². The highest BCUT2D eigenvalue weighted by molar-refractivity contribution is 5.97. The van der Waals surface area contributed by atoms with Crippen LogP contribution in [-0.2, 0) is 0 Å². The van der Waals surface area contributed by atoms with Crippen LogP contribution in [0.3, 0.4) is 0 Å². The van der Waals surface area contributed by atoms with Crippen molar-refractivity contribution in [2.24, 2.45) is 0 Å². The number of benzene rings is 1. The normalized spacial score (nSPS) is 14.5. The van der Waals surface area contributed by atoms with E-state index in [0.29, 0.717) is 19.0 Å². The zero-order valence-electron chi connectivity index (χ0n) is 10.1. The number of carbonyl (C=O) groups excluding carboxylic acids is 1. The average molecular weight is 246 g/mol. The monoisotopic (exact) mass is 246 g/mol. The lowest BCUT2D eigenvalue weighted by Crippen LogP contribution is -2.33. The van der Waals surface area contributed by atoms with Crippen LogP contribution >= 0.6 is 0 Å². The molecule has 0 atom stereocenters. The second-order valence-electron chi connectivity index (χ2n) is 4.51. The van der Waals surface area contributed by atoms with Gasteiger partial charge in [0, 0.05) is 19.0 Å². The van der Waals surface area contributed by atoms with Gasteiger partial charge in [0.1, 0.15) is 5.82 Å². The molecule has 1 aromatic carbocycles. The minimum atomic E-state index is -0.474. The molecule has 3 nitrogen and oxygen atoms in total. The van der Waals surface area contributed by atoms with Gasteiger partial charge in [-0.3, -0.25) is 9.69 Å². The molecule has 0 saturated heterocycles. The van der Waals surface area contributed by atoms with Gasteiger partial charge >= 0.3 is 0 Å². The number of carbonyl (C=O) groups is 1. The third-order valence-electron chi connectivity index (χ3n) is 3.10. The van der Waals surface area contributed by atoms with Gasteiger partial charge in [-0.25, -0.2) is 4.39 Å². The van der Waals surface area contributed by atoms with E-state index in [1.54, 1.807) is 12.1 Å². The Labute approximate surface area is 106 Å². The molecular formula is C14H15FN2O. The summed E-state index contributed by atoms with van der Waals surface area (Å²) in [7, 11) is 0. The highest BCUT2D eigenvalue weighted by atomic mass is 19.1. The molecule has 2 rings (SSSR count). The van der Waals surface area contributed by atoms with Gasteiger partial charge in [0.05, 0.1) is 18.2 Å². The van der Waals surface area contributed by atoms with Crippen LogP contribution < -0.4 is 0 Å². The molecule has 0 spiro atoms. The largest absolute Gasteiger partial charge is 0.293 e. The maximum atomic E-state index is 13.5. The van der Waals surface area contributed by atoms with Crippen molar-refractivity contribution < 1.29 is 9.18 Å². The highest BCUT2D eigenvalue weighted by Gasteiger charge is 2.30. The predicted molar refractivity (Wildman–Crippen MR) is 65.6 cm³/mol. The van der Waals surface area contributed by atoms with Crippen molar-refractivity contribution in [1.82, 2.24) is 4.90 Å². The quantitative estimate of drug-likeness (QED) is 0.724. The van der Waals surface area contributed by atoms with Crippen LogP contribution in [-0.4, -0.2) is 29.8 Å². The van der Waals surface area contributed by atoms with E-state index >= 15 is 0 Å². The van der Waals surface area contributed by atoms with Crippen LogP contribution in [0.5, 0.6) is 0 Å². The topological polar surface area (TPSA) is 44.1 Å². The van der Waals surface area contributed by atoms with Crippen molar-refractivity contribution in [3.05, 3.63) is 35.6 Å². The lowest BCUT2D eigenvalue weighted by molar-refractivity contribution is 0.0922. The Morgan fingerprint density at radius 3 is 2.78 bits per heavy atom. The number of nitrogens with zero attached hydrogens (tertiary/aromatic N) is 2. The molecule has 4 heteroatoms. The Hall–Kier alpha value is -1.73. The predicted octanol–water partition coefficient (Wildman–Crippen LogP) is 2.39. The molecule has 18 heavy (non-hydrogen) atoms. The minimum Gasteiger partial charge on any atom is -0.293 e. The Morgan fingerprint density at radius 2 is 2.17 bits per heavy atom. The standard InChI is InChI=1S/C14H15FN2O/c15-13-5-2-1-4-12(13)14(18)10-17(9-3-8-16)11-6-7-11/h1-2,4-5,11H,3,6-7,9-10H2. The molecule has 1 fully saturated rings. The van der Waals surface area contributed by atoms with Gasteiger partial charge in [-0.1, -0.05) is 12.1 Å². The van der Waals surface area contributed by atoms with Crippen LogP contribution in [0.1, 0.15) is 29.6 Å². The van der Waals surface area contributed by atoms with Crippen molar-refractivity contribution in [2.75, 3.05) is 13.1 Å². The maximum Gasteiger partial charge on any atom is 0.179 e. The first-order valence-corrected chi connectivity index (χ1v) is 6.11. The molecule has 0 aliphatic heterocycles. The van der Waals surface area contributed by atoms with E-state index < -0.39 is 5.82 Å². The Morgan fingerprint density at radius 1 is 1.44 bits per heavy atom. The molecule has 0 heterocycles. The number of rotatable bonds is 6. The fraction of sp³-hybridized carbons (Fsp3) is 0.429. The first-order chi connectivity index (χ1) is 8.72. The number of nitriles is 1. The lowest BCUT2D eigenvalue weighted by Gasteiger charge is -2.19. The Bertz CT molecular complexity index is 477. The Kier molecular flexibility index (Phi) is 4.06. The first-order valence-electron chi connectivity index (χ1n) is 6.11. The highest BCUT2D eigenvalue weighted by Crippen LogP contribution is 2.27. The molecule has 94 valence electrons. The summed E-state index contributed by atoms with van der Waals surface area (Å²) in [5, 5.41) is 8.59. The molecule has 0 radical (unpaired) electrons. The van der Waals surface area contributed by atoms with Crippen LogP contribution in [0.25, 0.3) is 0 Å². The summed E-state index contributed by atoms with van der Waals surface area (Å²) >= 11 is 0. The summed E-state index contributed by atoms with van der Waals surface area (Å²) in [5.41, 5.74) is 0.139. The zero-order valence-corrected chi connectivity index (χ0v) is 10.1. The lowest BCUT2D eigenvalue weighted by atomic mass is 10.1. The molecule has 1 aliphatic carbocycles. The summed E-state index contributed by atoms with van der Waals surface area (Å²) in [6.07, 6.45) is 2.53. The summed E-state index contributed by atoms with van der Waals surface area (Å²) in [6.45, 7) is 0.786. The molecule has 1 aromatic rings. The van der Waals surface area contributed by atoms with Crippen molar-refractivity contribution in [3.8, 4) is 6.07 Å². The molecule has 1 saturated carbocycles. The third kappa shape index (κ3) is 3.14. The van der Waals surface area contributed by atoms with Gasteiger partial charge in [0.25, 0.3) is 0 Å². The van der Waals surface area contributed by atoms with Gasteiger partial charge in [0.2, 0.25) is 0 Å². The maximum absolute atomic E-state index is 13.5. The SMILES string of the molecule is N#CCCN(CC(=O)c1ccccc1F)C1CC1. The van der Waals surface area contributed by atoms with E-state index in [-0.39, 0.29) is 17.9 Å². The number of halogens is 1. The molecular weight excluding hydrogens is 231 g/mol. The second-order valence-corrected chi connectivity index (χ2v) is 4.51. The van der Waals surface area contributed by atoms with E-state index in [2.05, 4.69) is 6.07 Å². The minimum absolute atomic E-state index is 0.139. The van der Waals surface area contributed by atoms with Gasteiger partial charge in [0.15, 0.2) is 5.78 Å². The molecule has 0 N–H and O–H groups in total. The van der Waals surface area contributed by atoms with Gasteiger partial charge in [-0.05, 0) is 25.0 Å². The van der Waals surface area contributed by atoms with Crippen LogP contribution in [0.4, 0.5) is 4.39 Å². The molecule has 0 unspecified atom stereocenters. The van der Waals surface area contributed by atoms with Gasteiger partial charge < -0.3 is 0 Å². The summed E-state index contributed by atoms with van der Waals surface area (Å²) in [5.74, 6) is -0.684. The van der Waals surface area contributed by atoms with E-state index in [1.807, 2.05) is 4.90 Å². The molecule has 0 bridgehead atoms. The summed E-state index contributed by atoms with van der Waals surface area (Å²) in [6, 6.07) is 8.51. The van der Waals surface area contributed by atoms with E-state index in [4.69, 9.17) is 5.26 Å². The number of hydrogen-bond donors (Lipinski definition) is 0. The second kappa shape index (κ2) is 5.74. The van der Waals surface area contributed by atoms with Gasteiger partial charge in [-0.2, -0.15) is 5.26 Å². The first kappa shape index (κ1) is 12.7. The zero-order chi connectivity index (χ0) is 13.0. The Balaban J connectivity index is 2.01. The summed E-state index contributed by atoms with van der Waals surface area (Å²) in [4.78, 5) is 14.0. The number of hydrogen-bond acceptors (Lipinski definition) is 3. The molecule has 1 aliphatic rings. The van der Waals surface area contributed by atoms with Crippen molar-refractivity contribution in [3.63, 3.8) is 0 Å². The summed E-state index contributed by atoms with van der Waals surface area (Å²) < 4.78 is 13.5. The number of Topliss-reactive ketones (excluding diaryl/α,β-unsaturated/α-hetero) is 1. The average Bonchev–Trinajstić information content (AvgIpc) is 3.19.